The van der Waals surface area contributed by atoms with Crippen LogP contribution in [0.5, 0.6) is 0 Å². The minimum atomic E-state index is -1.60. The number of esters is 2. The Morgan fingerprint density at radius 1 is 0.554 bits per heavy atom. The van der Waals surface area contributed by atoms with Crippen LogP contribution in [0.3, 0.4) is 0 Å². The van der Waals surface area contributed by atoms with Crippen molar-refractivity contribution >= 4 is 11.9 Å². The van der Waals surface area contributed by atoms with E-state index in [1.165, 1.54) is 103 Å². The molecule has 1 rings (SSSR count). The van der Waals surface area contributed by atoms with Crippen LogP contribution in [-0.4, -0.2) is 89.0 Å². The highest BCUT2D eigenvalue weighted by molar-refractivity contribution is 5.70. The van der Waals surface area contributed by atoms with Crippen molar-refractivity contribution in [1.29, 1.82) is 0 Å². The van der Waals surface area contributed by atoms with Crippen LogP contribution in [0.15, 0.2) is 36.5 Å². The molecule has 56 heavy (non-hydrogen) atoms. The molecule has 1 fully saturated rings. The Kier molecular flexibility index (Phi) is 34.5. The molecule has 1 saturated heterocycles. The maximum absolute atomic E-state index is 12.7. The van der Waals surface area contributed by atoms with Crippen molar-refractivity contribution in [3.8, 4) is 0 Å². The van der Waals surface area contributed by atoms with E-state index < -0.39 is 49.4 Å². The summed E-state index contributed by atoms with van der Waals surface area (Å²) in [5, 5.41) is 40.0. The summed E-state index contributed by atoms with van der Waals surface area (Å²) in [6.45, 7) is 3.36. The Hall–Kier alpha value is -2.08. The van der Waals surface area contributed by atoms with Gasteiger partial charge in [-0.15, -0.1) is 0 Å². The fraction of sp³-hybridized carbons (Fsp3) is 0.826. The summed E-state index contributed by atoms with van der Waals surface area (Å²) in [7, 11) is 0. The average Bonchev–Trinajstić information content (AvgIpc) is 3.19. The van der Waals surface area contributed by atoms with Gasteiger partial charge in [-0.05, 0) is 51.4 Å². The van der Waals surface area contributed by atoms with Gasteiger partial charge in [0.25, 0.3) is 0 Å². The molecule has 0 bridgehead atoms. The summed E-state index contributed by atoms with van der Waals surface area (Å²) < 4.78 is 22.1. The topological polar surface area (TPSA) is 152 Å². The standard InChI is InChI=1S/C46H82O10/c1-3-5-7-9-11-13-15-17-19-21-22-24-26-28-30-32-34-41(48)53-37-39(38-54-46-45(52)44(51)43(50)40(36-47)56-46)55-42(49)35-33-31-29-27-25-23-20-18-16-14-12-10-8-6-4-2/h12,14,18,20,25,27,39-40,43-47,50-52H,3-11,13,15-17,19,21-24,26,28-38H2,1-2H3/b14-12+,20-18+,27-25+/t39-,40-,43+,44?,45?,46-/m0/s1. The third-order valence-corrected chi connectivity index (χ3v) is 10.3. The largest absolute Gasteiger partial charge is 0.462 e. The third-order valence-electron chi connectivity index (χ3n) is 10.3. The zero-order valence-corrected chi connectivity index (χ0v) is 35.4. The van der Waals surface area contributed by atoms with E-state index in [0.29, 0.717) is 6.42 Å². The van der Waals surface area contributed by atoms with Crippen molar-refractivity contribution in [3.63, 3.8) is 0 Å². The van der Waals surface area contributed by atoms with Crippen molar-refractivity contribution in [2.24, 2.45) is 0 Å². The molecule has 0 aliphatic carbocycles. The Morgan fingerprint density at radius 2 is 1.00 bits per heavy atom. The Balaban J connectivity index is 2.35. The van der Waals surface area contributed by atoms with Gasteiger partial charge in [0.1, 0.15) is 31.0 Å². The van der Waals surface area contributed by atoms with E-state index in [-0.39, 0.29) is 32.0 Å². The van der Waals surface area contributed by atoms with Crippen LogP contribution in [0.2, 0.25) is 0 Å². The van der Waals surface area contributed by atoms with Gasteiger partial charge >= 0.3 is 11.9 Å². The van der Waals surface area contributed by atoms with Crippen molar-refractivity contribution in [2.45, 2.75) is 224 Å². The van der Waals surface area contributed by atoms with Gasteiger partial charge in [-0.3, -0.25) is 9.59 Å². The molecule has 6 atom stereocenters. The van der Waals surface area contributed by atoms with Crippen molar-refractivity contribution in [1.82, 2.24) is 0 Å². The molecule has 2 unspecified atom stereocenters. The first-order valence-corrected chi connectivity index (χ1v) is 22.6. The maximum atomic E-state index is 12.7. The van der Waals surface area contributed by atoms with Gasteiger partial charge in [-0.2, -0.15) is 0 Å². The Morgan fingerprint density at radius 3 is 1.54 bits per heavy atom. The number of aliphatic hydroxyl groups excluding tert-OH is 4. The molecule has 1 aliphatic heterocycles. The number of carbonyl (C=O) groups is 2. The summed E-state index contributed by atoms with van der Waals surface area (Å²) in [5.74, 6) is -0.847. The molecule has 1 aliphatic rings. The van der Waals surface area contributed by atoms with Gasteiger partial charge < -0.3 is 39.4 Å². The highest BCUT2D eigenvalue weighted by atomic mass is 16.7. The van der Waals surface area contributed by atoms with Crippen molar-refractivity contribution in [2.75, 3.05) is 19.8 Å². The predicted molar refractivity (Wildman–Crippen MR) is 224 cm³/mol. The number of hydrogen-bond donors (Lipinski definition) is 4. The number of allylic oxidation sites excluding steroid dienone is 6. The first-order chi connectivity index (χ1) is 27.3. The van der Waals surface area contributed by atoms with Crippen LogP contribution in [0.25, 0.3) is 0 Å². The molecule has 0 saturated carbocycles. The Labute approximate surface area is 340 Å². The van der Waals surface area contributed by atoms with Gasteiger partial charge in [0, 0.05) is 12.8 Å². The van der Waals surface area contributed by atoms with Crippen LogP contribution in [-0.2, 0) is 28.5 Å². The lowest BCUT2D eigenvalue weighted by Crippen LogP contribution is -2.59. The average molecular weight is 795 g/mol. The second kappa shape index (κ2) is 37.2. The number of rotatable bonds is 37. The summed E-state index contributed by atoms with van der Waals surface area (Å²) in [6, 6.07) is 0. The summed E-state index contributed by atoms with van der Waals surface area (Å²) in [6.07, 6.45) is 34.4. The molecule has 4 N–H and O–H groups in total. The van der Waals surface area contributed by atoms with Crippen LogP contribution < -0.4 is 0 Å². The van der Waals surface area contributed by atoms with Crippen LogP contribution in [0.4, 0.5) is 0 Å². The predicted octanol–water partition coefficient (Wildman–Crippen LogP) is 9.50. The van der Waals surface area contributed by atoms with Gasteiger partial charge in [0.05, 0.1) is 13.2 Å². The van der Waals surface area contributed by atoms with E-state index in [0.717, 1.165) is 51.4 Å². The lowest BCUT2D eigenvalue weighted by molar-refractivity contribution is -0.305. The van der Waals surface area contributed by atoms with E-state index in [1.54, 1.807) is 0 Å². The van der Waals surface area contributed by atoms with Crippen molar-refractivity contribution < 1.29 is 49.0 Å². The highest BCUT2D eigenvalue weighted by Crippen LogP contribution is 2.22. The molecule has 0 amide bonds. The molecule has 10 heteroatoms. The molecule has 0 spiro atoms. The number of ether oxygens (including phenoxy) is 4. The number of carbonyl (C=O) groups excluding carboxylic acids is 2. The van der Waals surface area contributed by atoms with Crippen LogP contribution in [0, 0.1) is 0 Å². The molecule has 0 aromatic heterocycles. The quantitative estimate of drug-likeness (QED) is 0.0272. The zero-order chi connectivity index (χ0) is 40.9. The number of hydrogen-bond acceptors (Lipinski definition) is 10. The normalized spacial score (nSPS) is 20.7. The lowest BCUT2D eigenvalue weighted by Gasteiger charge is -2.39. The van der Waals surface area contributed by atoms with Gasteiger partial charge in [-0.25, -0.2) is 0 Å². The van der Waals surface area contributed by atoms with Gasteiger partial charge in [-0.1, -0.05) is 159 Å². The van der Waals surface area contributed by atoms with E-state index in [1.807, 2.05) is 0 Å². The summed E-state index contributed by atoms with van der Waals surface area (Å²) in [4.78, 5) is 25.3. The van der Waals surface area contributed by atoms with E-state index in [9.17, 15) is 30.0 Å². The molecular formula is C46H82O10. The minimum absolute atomic E-state index is 0.183. The third kappa shape index (κ3) is 28.3. The van der Waals surface area contributed by atoms with Crippen LogP contribution >= 0.6 is 0 Å². The number of aliphatic hydroxyl groups is 4. The minimum Gasteiger partial charge on any atom is -0.462 e. The molecule has 10 nitrogen and oxygen atoms in total. The monoisotopic (exact) mass is 795 g/mol. The highest BCUT2D eigenvalue weighted by Gasteiger charge is 2.44. The molecule has 0 aromatic carbocycles. The van der Waals surface area contributed by atoms with Gasteiger partial charge in [0.2, 0.25) is 0 Å². The summed E-state index contributed by atoms with van der Waals surface area (Å²) >= 11 is 0. The van der Waals surface area contributed by atoms with Gasteiger partial charge in [0.15, 0.2) is 12.4 Å². The molecule has 0 radical (unpaired) electrons. The first-order valence-electron chi connectivity index (χ1n) is 22.6. The van der Waals surface area contributed by atoms with E-state index >= 15 is 0 Å². The molecular weight excluding hydrogens is 712 g/mol. The van der Waals surface area contributed by atoms with E-state index in [2.05, 4.69) is 50.3 Å². The molecule has 1 heterocycles. The fourth-order valence-corrected chi connectivity index (χ4v) is 6.67. The smallest absolute Gasteiger partial charge is 0.306 e. The van der Waals surface area contributed by atoms with Crippen LogP contribution in [0.1, 0.15) is 187 Å². The van der Waals surface area contributed by atoms with E-state index in [4.69, 9.17) is 18.9 Å². The first kappa shape index (κ1) is 51.9. The lowest BCUT2D eigenvalue weighted by atomic mass is 9.99. The second-order valence-electron chi connectivity index (χ2n) is 15.5. The Bertz CT molecular complexity index is 1010. The fourth-order valence-electron chi connectivity index (χ4n) is 6.67. The SMILES string of the molecule is CCCCC/C=C/C/C=C/C/C=C/CCCCC(=O)O[C@@H](COC(=O)CCCCCCCCCCCCCCCCCC)CO[C@H]1O[C@@H](CO)[C@@H](O)C(O)C1O. The summed E-state index contributed by atoms with van der Waals surface area (Å²) in [5.41, 5.74) is 0. The zero-order valence-electron chi connectivity index (χ0n) is 35.4. The molecule has 0 aromatic rings. The number of unbranched alkanes of at least 4 members (excludes halogenated alkanes) is 20. The molecule has 326 valence electrons. The second-order valence-corrected chi connectivity index (χ2v) is 15.5. The van der Waals surface area contributed by atoms with Crippen molar-refractivity contribution in [3.05, 3.63) is 36.5 Å². The maximum Gasteiger partial charge on any atom is 0.306 e.